The molecule has 1 aromatic carbocycles. The first-order valence-electron chi connectivity index (χ1n) is 6.98. The standard InChI is InChI=1S/C14H23N3O3S/c1-3-9-21(19,20)17-13-6-4-5-12(10-13)14(18)16-8-7-11(2)15/h4-6,10-11,17H,3,7-9,15H2,1-2H3,(H,16,18). The average Bonchev–Trinajstić information content (AvgIpc) is 2.37. The summed E-state index contributed by atoms with van der Waals surface area (Å²) in [5.41, 5.74) is 6.42. The van der Waals surface area contributed by atoms with Crippen molar-refractivity contribution in [3.63, 3.8) is 0 Å². The van der Waals surface area contributed by atoms with Crippen LogP contribution in [0.4, 0.5) is 5.69 Å². The molecular formula is C14H23N3O3S. The Morgan fingerprint density at radius 3 is 2.71 bits per heavy atom. The minimum absolute atomic E-state index is 0.0255. The summed E-state index contributed by atoms with van der Waals surface area (Å²) in [6, 6.07) is 6.45. The van der Waals surface area contributed by atoms with Gasteiger partial charge in [0.1, 0.15) is 0 Å². The van der Waals surface area contributed by atoms with E-state index in [1.165, 1.54) is 6.07 Å². The van der Waals surface area contributed by atoms with Crippen molar-refractivity contribution in [1.82, 2.24) is 5.32 Å². The molecule has 0 bridgehead atoms. The quantitative estimate of drug-likeness (QED) is 0.673. The number of benzene rings is 1. The summed E-state index contributed by atoms with van der Waals surface area (Å²) in [7, 11) is -3.35. The van der Waals surface area contributed by atoms with Gasteiger partial charge in [0.2, 0.25) is 10.0 Å². The van der Waals surface area contributed by atoms with Crippen LogP contribution >= 0.6 is 0 Å². The second kappa shape index (κ2) is 7.99. The summed E-state index contributed by atoms with van der Waals surface area (Å²) in [4.78, 5) is 11.9. The molecule has 1 aromatic rings. The van der Waals surface area contributed by atoms with Crippen LogP contribution in [0.1, 0.15) is 37.0 Å². The summed E-state index contributed by atoms with van der Waals surface area (Å²) < 4.78 is 25.9. The number of hydrogen-bond donors (Lipinski definition) is 3. The third-order valence-electron chi connectivity index (χ3n) is 2.76. The van der Waals surface area contributed by atoms with Gasteiger partial charge in [-0.1, -0.05) is 13.0 Å². The van der Waals surface area contributed by atoms with Crippen LogP contribution in [0, 0.1) is 0 Å². The van der Waals surface area contributed by atoms with Crippen molar-refractivity contribution in [2.75, 3.05) is 17.0 Å². The van der Waals surface area contributed by atoms with Crippen LogP contribution in [-0.2, 0) is 10.0 Å². The normalized spacial score (nSPS) is 12.7. The summed E-state index contributed by atoms with van der Waals surface area (Å²) >= 11 is 0. The molecule has 0 aliphatic carbocycles. The van der Waals surface area contributed by atoms with Gasteiger partial charge in [-0.3, -0.25) is 9.52 Å². The van der Waals surface area contributed by atoms with Gasteiger partial charge in [-0.2, -0.15) is 0 Å². The van der Waals surface area contributed by atoms with Crippen LogP contribution in [0.5, 0.6) is 0 Å². The van der Waals surface area contributed by atoms with E-state index in [1.54, 1.807) is 25.1 Å². The topological polar surface area (TPSA) is 101 Å². The minimum atomic E-state index is -3.35. The molecule has 0 saturated heterocycles. The lowest BCUT2D eigenvalue weighted by Crippen LogP contribution is -2.29. The molecule has 0 heterocycles. The predicted octanol–water partition coefficient (Wildman–Crippen LogP) is 1.31. The van der Waals surface area contributed by atoms with Crippen LogP contribution in [0.3, 0.4) is 0 Å². The number of rotatable bonds is 8. The third kappa shape index (κ3) is 6.59. The first-order valence-corrected chi connectivity index (χ1v) is 8.63. The van der Waals surface area contributed by atoms with Crippen molar-refractivity contribution < 1.29 is 13.2 Å². The Bertz CT molecular complexity index is 571. The largest absolute Gasteiger partial charge is 0.352 e. The maximum Gasteiger partial charge on any atom is 0.251 e. The van der Waals surface area contributed by atoms with Gasteiger partial charge in [0, 0.05) is 23.8 Å². The molecule has 1 amide bonds. The van der Waals surface area contributed by atoms with Crippen molar-refractivity contribution in [3.05, 3.63) is 29.8 Å². The van der Waals surface area contributed by atoms with E-state index in [4.69, 9.17) is 5.73 Å². The number of sulfonamides is 1. The SMILES string of the molecule is CCCS(=O)(=O)Nc1cccc(C(=O)NCCC(C)N)c1. The van der Waals surface area contributed by atoms with E-state index in [0.29, 0.717) is 30.6 Å². The molecule has 0 aromatic heterocycles. The molecule has 0 radical (unpaired) electrons. The molecule has 21 heavy (non-hydrogen) atoms. The molecule has 1 atom stereocenters. The van der Waals surface area contributed by atoms with Gasteiger partial charge in [0.25, 0.3) is 5.91 Å². The third-order valence-corrected chi connectivity index (χ3v) is 4.25. The molecule has 0 aliphatic rings. The first-order chi connectivity index (χ1) is 9.84. The zero-order valence-corrected chi connectivity index (χ0v) is 13.2. The fraction of sp³-hybridized carbons (Fsp3) is 0.500. The number of carbonyl (C=O) groups excluding carboxylic acids is 1. The highest BCUT2D eigenvalue weighted by atomic mass is 32.2. The van der Waals surface area contributed by atoms with Crippen molar-refractivity contribution in [2.45, 2.75) is 32.7 Å². The van der Waals surface area contributed by atoms with Crippen molar-refractivity contribution in [2.24, 2.45) is 5.73 Å². The van der Waals surface area contributed by atoms with Crippen LogP contribution in [0.2, 0.25) is 0 Å². The molecule has 0 aliphatic heterocycles. The van der Waals surface area contributed by atoms with Crippen LogP contribution in [0.25, 0.3) is 0 Å². The molecule has 4 N–H and O–H groups in total. The summed E-state index contributed by atoms with van der Waals surface area (Å²) in [6.45, 7) is 4.15. The molecule has 1 rings (SSSR count). The number of nitrogens with one attached hydrogen (secondary N) is 2. The van der Waals surface area contributed by atoms with E-state index in [0.717, 1.165) is 0 Å². The highest BCUT2D eigenvalue weighted by Gasteiger charge is 2.11. The second-order valence-electron chi connectivity index (χ2n) is 5.02. The maximum absolute atomic E-state index is 11.9. The highest BCUT2D eigenvalue weighted by molar-refractivity contribution is 7.92. The Labute approximate surface area is 126 Å². The van der Waals surface area contributed by atoms with Crippen LogP contribution in [-0.4, -0.2) is 32.7 Å². The second-order valence-corrected chi connectivity index (χ2v) is 6.87. The molecule has 0 spiro atoms. The monoisotopic (exact) mass is 313 g/mol. The molecule has 0 saturated carbocycles. The van der Waals surface area contributed by atoms with Gasteiger partial charge >= 0.3 is 0 Å². The predicted molar refractivity (Wildman–Crippen MR) is 84.7 cm³/mol. The van der Waals surface area contributed by atoms with Gasteiger partial charge in [0.15, 0.2) is 0 Å². The lowest BCUT2D eigenvalue weighted by Gasteiger charge is -2.10. The van der Waals surface area contributed by atoms with E-state index in [2.05, 4.69) is 10.0 Å². The summed E-state index contributed by atoms with van der Waals surface area (Å²) in [5, 5.41) is 2.75. The Hall–Kier alpha value is -1.60. The van der Waals surface area contributed by atoms with E-state index < -0.39 is 10.0 Å². The van der Waals surface area contributed by atoms with E-state index in [-0.39, 0.29) is 17.7 Å². The van der Waals surface area contributed by atoms with Gasteiger partial charge < -0.3 is 11.1 Å². The van der Waals surface area contributed by atoms with Gasteiger partial charge in [-0.25, -0.2) is 8.42 Å². The van der Waals surface area contributed by atoms with Crippen LogP contribution in [0.15, 0.2) is 24.3 Å². The zero-order chi connectivity index (χ0) is 15.9. The molecule has 7 heteroatoms. The maximum atomic E-state index is 11.9. The number of nitrogens with two attached hydrogens (primary N) is 1. The fourth-order valence-corrected chi connectivity index (χ4v) is 2.86. The number of hydrogen-bond acceptors (Lipinski definition) is 4. The van der Waals surface area contributed by atoms with E-state index in [9.17, 15) is 13.2 Å². The summed E-state index contributed by atoms with van der Waals surface area (Å²) in [5.74, 6) is -0.190. The van der Waals surface area contributed by atoms with Crippen molar-refractivity contribution in [1.29, 1.82) is 0 Å². The molecule has 118 valence electrons. The van der Waals surface area contributed by atoms with Gasteiger partial charge in [-0.05, 0) is 38.0 Å². The van der Waals surface area contributed by atoms with E-state index >= 15 is 0 Å². The van der Waals surface area contributed by atoms with Crippen LogP contribution < -0.4 is 15.8 Å². The Kier molecular flexibility index (Phi) is 6.64. The number of carbonyl (C=O) groups is 1. The minimum Gasteiger partial charge on any atom is -0.352 e. The molecule has 6 nitrogen and oxygen atoms in total. The lowest BCUT2D eigenvalue weighted by atomic mass is 10.2. The van der Waals surface area contributed by atoms with Gasteiger partial charge in [-0.15, -0.1) is 0 Å². The van der Waals surface area contributed by atoms with Crippen molar-refractivity contribution >= 4 is 21.6 Å². The fourth-order valence-electron chi connectivity index (χ4n) is 1.74. The number of anilines is 1. The molecule has 0 fully saturated rings. The molecular weight excluding hydrogens is 290 g/mol. The Balaban J connectivity index is 2.70. The molecule has 1 unspecified atom stereocenters. The highest BCUT2D eigenvalue weighted by Crippen LogP contribution is 2.13. The summed E-state index contributed by atoms with van der Waals surface area (Å²) in [6.07, 6.45) is 1.22. The van der Waals surface area contributed by atoms with Crippen molar-refractivity contribution in [3.8, 4) is 0 Å². The first kappa shape index (κ1) is 17.5. The van der Waals surface area contributed by atoms with E-state index in [1.807, 2.05) is 6.92 Å². The average molecular weight is 313 g/mol. The Morgan fingerprint density at radius 1 is 1.38 bits per heavy atom. The smallest absolute Gasteiger partial charge is 0.251 e. The number of amides is 1. The Morgan fingerprint density at radius 2 is 2.10 bits per heavy atom. The zero-order valence-electron chi connectivity index (χ0n) is 12.4. The van der Waals surface area contributed by atoms with Gasteiger partial charge in [0.05, 0.1) is 5.75 Å². The lowest BCUT2D eigenvalue weighted by molar-refractivity contribution is 0.0953.